The maximum Gasteiger partial charge on any atom is 0.306 e. The van der Waals surface area contributed by atoms with Crippen LogP contribution < -0.4 is 0 Å². The second-order valence-corrected chi connectivity index (χ2v) is 6.11. The number of aliphatic carboxylic acids is 1. The number of likely N-dealkylation sites (tertiary alicyclic amines) is 1. The van der Waals surface area contributed by atoms with E-state index in [-0.39, 0.29) is 5.92 Å². The summed E-state index contributed by atoms with van der Waals surface area (Å²) >= 11 is 0. The molecule has 0 aromatic carbocycles. The average molecular weight is 277 g/mol. The number of hydrogen-bond acceptors (Lipinski definition) is 3. The predicted octanol–water partition coefficient (Wildman–Crippen LogP) is 2.29. The highest BCUT2D eigenvalue weighted by Gasteiger charge is 2.25. The Morgan fingerprint density at radius 3 is 2.60 bits per heavy atom. The van der Waals surface area contributed by atoms with E-state index in [9.17, 15) is 4.79 Å². The molecular formula is C15H23N3O2. The lowest BCUT2D eigenvalue weighted by Gasteiger charge is -2.29. The van der Waals surface area contributed by atoms with Crippen LogP contribution in [0.1, 0.15) is 50.3 Å². The minimum atomic E-state index is -0.643. The number of carboxylic acid groups (broad SMARTS) is 1. The second-order valence-electron chi connectivity index (χ2n) is 6.11. The van der Waals surface area contributed by atoms with Crippen molar-refractivity contribution in [3.05, 3.63) is 18.0 Å². The SMILES string of the molecule is O=C(O)C1CCN(Cc2ccn(C3CCCC3)n2)CC1. The Hall–Kier alpha value is -1.36. The Morgan fingerprint density at radius 1 is 1.25 bits per heavy atom. The standard InChI is InChI=1S/C15H23N3O2/c19-15(20)12-5-8-17(9-6-12)11-13-7-10-18(16-13)14-3-1-2-4-14/h7,10,12,14H,1-6,8-9,11H2,(H,19,20). The highest BCUT2D eigenvalue weighted by Crippen LogP contribution is 2.29. The summed E-state index contributed by atoms with van der Waals surface area (Å²) in [6.45, 7) is 2.59. The van der Waals surface area contributed by atoms with Crippen LogP contribution in [0.5, 0.6) is 0 Å². The first-order valence-electron chi connectivity index (χ1n) is 7.71. The van der Waals surface area contributed by atoms with E-state index in [4.69, 9.17) is 10.2 Å². The van der Waals surface area contributed by atoms with E-state index >= 15 is 0 Å². The third-order valence-corrected chi connectivity index (χ3v) is 4.68. The zero-order valence-electron chi connectivity index (χ0n) is 11.9. The quantitative estimate of drug-likeness (QED) is 0.917. The van der Waals surface area contributed by atoms with Crippen molar-refractivity contribution in [3.63, 3.8) is 0 Å². The van der Waals surface area contributed by atoms with Gasteiger partial charge in [0.25, 0.3) is 0 Å². The van der Waals surface area contributed by atoms with Gasteiger partial charge in [-0.05, 0) is 44.8 Å². The van der Waals surface area contributed by atoms with Gasteiger partial charge in [0.2, 0.25) is 0 Å². The van der Waals surface area contributed by atoms with E-state index < -0.39 is 5.97 Å². The maximum atomic E-state index is 10.9. The topological polar surface area (TPSA) is 58.4 Å². The first-order valence-corrected chi connectivity index (χ1v) is 7.71. The fourth-order valence-electron chi connectivity index (χ4n) is 3.40. The van der Waals surface area contributed by atoms with Gasteiger partial charge in [0.15, 0.2) is 0 Å². The molecule has 110 valence electrons. The number of aromatic nitrogens is 2. The lowest BCUT2D eigenvalue weighted by Crippen LogP contribution is -2.35. The van der Waals surface area contributed by atoms with Gasteiger partial charge < -0.3 is 5.11 Å². The zero-order chi connectivity index (χ0) is 13.9. The van der Waals surface area contributed by atoms with Crippen LogP contribution >= 0.6 is 0 Å². The van der Waals surface area contributed by atoms with Gasteiger partial charge in [-0.3, -0.25) is 14.4 Å². The third-order valence-electron chi connectivity index (χ3n) is 4.68. The van der Waals surface area contributed by atoms with Crippen molar-refractivity contribution in [2.24, 2.45) is 5.92 Å². The molecule has 0 radical (unpaired) electrons. The molecule has 2 aliphatic rings. The fourth-order valence-corrected chi connectivity index (χ4v) is 3.40. The molecule has 0 atom stereocenters. The summed E-state index contributed by atoms with van der Waals surface area (Å²) in [6, 6.07) is 2.71. The number of hydrogen-bond donors (Lipinski definition) is 1. The van der Waals surface area contributed by atoms with E-state index in [0.717, 1.165) is 38.2 Å². The Balaban J connectivity index is 1.52. The van der Waals surface area contributed by atoms with Crippen LogP contribution in [0.15, 0.2) is 12.3 Å². The van der Waals surface area contributed by atoms with Gasteiger partial charge in [-0.25, -0.2) is 0 Å². The number of piperidine rings is 1. The van der Waals surface area contributed by atoms with Crippen LogP contribution in [0.2, 0.25) is 0 Å². The summed E-state index contributed by atoms with van der Waals surface area (Å²) in [5, 5.41) is 13.7. The minimum absolute atomic E-state index is 0.151. The monoisotopic (exact) mass is 277 g/mol. The first kappa shape index (κ1) is 13.6. The molecule has 5 heteroatoms. The molecule has 1 aromatic rings. The smallest absolute Gasteiger partial charge is 0.306 e. The zero-order valence-corrected chi connectivity index (χ0v) is 11.9. The van der Waals surface area contributed by atoms with Gasteiger partial charge in [0.05, 0.1) is 17.7 Å². The lowest BCUT2D eigenvalue weighted by atomic mass is 9.97. The van der Waals surface area contributed by atoms with Crippen molar-refractivity contribution in [2.45, 2.75) is 51.1 Å². The molecule has 1 saturated carbocycles. The van der Waals surface area contributed by atoms with Crippen molar-refractivity contribution in [1.29, 1.82) is 0 Å². The minimum Gasteiger partial charge on any atom is -0.481 e. The number of nitrogens with zero attached hydrogens (tertiary/aromatic N) is 3. The van der Waals surface area contributed by atoms with Crippen molar-refractivity contribution < 1.29 is 9.90 Å². The Kier molecular flexibility index (Phi) is 4.05. The molecule has 2 heterocycles. The molecule has 1 N–H and O–H groups in total. The molecule has 3 rings (SSSR count). The van der Waals surface area contributed by atoms with Crippen molar-refractivity contribution in [3.8, 4) is 0 Å². The highest BCUT2D eigenvalue weighted by atomic mass is 16.4. The van der Waals surface area contributed by atoms with E-state index in [0.29, 0.717) is 6.04 Å². The fraction of sp³-hybridized carbons (Fsp3) is 0.733. The molecule has 1 aliphatic heterocycles. The van der Waals surface area contributed by atoms with Gasteiger partial charge in [0.1, 0.15) is 0 Å². The van der Waals surface area contributed by atoms with E-state index in [2.05, 4.69) is 21.8 Å². The summed E-state index contributed by atoms with van der Waals surface area (Å²) < 4.78 is 2.13. The second kappa shape index (κ2) is 5.95. The van der Waals surface area contributed by atoms with Crippen LogP contribution in [-0.4, -0.2) is 38.8 Å². The molecule has 2 fully saturated rings. The Bertz CT molecular complexity index is 457. The molecule has 0 bridgehead atoms. The molecule has 0 spiro atoms. The van der Waals surface area contributed by atoms with Gasteiger partial charge in [-0.2, -0.15) is 5.10 Å². The van der Waals surface area contributed by atoms with Crippen molar-refractivity contribution in [2.75, 3.05) is 13.1 Å². The van der Waals surface area contributed by atoms with E-state index in [1.54, 1.807) is 0 Å². The van der Waals surface area contributed by atoms with Crippen LogP contribution in [0, 0.1) is 5.92 Å². The van der Waals surface area contributed by atoms with Crippen LogP contribution in [0.4, 0.5) is 0 Å². The normalized spacial score (nSPS) is 22.4. The van der Waals surface area contributed by atoms with Crippen molar-refractivity contribution >= 4 is 5.97 Å². The molecular weight excluding hydrogens is 254 g/mol. The third kappa shape index (κ3) is 3.03. The average Bonchev–Trinajstić information content (AvgIpc) is 3.09. The first-order chi connectivity index (χ1) is 9.72. The summed E-state index contributed by atoms with van der Waals surface area (Å²) in [5.41, 5.74) is 1.12. The highest BCUT2D eigenvalue weighted by molar-refractivity contribution is 5.70. The van der Waals surface area contributed by atoms with Gasteiger partial charge >= 0.3 is 5.97 Å². The number of carboxylic acids is 1. The van der Waals surface area contributed by atoms with E-state index in [1.807, 2.05) is 0 Å². The van der Waals surface area contributed by atoms with Gasteiger partial charge in [0, 0.05) is 12.7 Å². The van der Waals surface area contributed by atoms with E-state index in [1.165, 1.54) is 25.7 Å². The molecule has 1 saturated heterocycles. The van der Waals surface area contributed by atoms with Crippen LogP contribution in [-0.2, 0) is 11.3 Å². The van der Waals surface area contributed by atoms with Gasteiger partial charge in [-0.1, -0.05) is 12.8 Å². The summed E-state index contributed by atoms with van der Waals surface area (Å²) in [5.74, 6) is -0.794. The molecule has 20 heavy (non-hydrogen) atoms. The molecule has 1 aromatic heterocycles. The predicted molar refractivity (Wildman–Crippen MR) is 75.4 cm³/mol. The van der Waals surface area contributed by atoms with Crippen LogP contribution in [0.25, 0.3) is 0 Å². The van der Waals surface area contributed by atoms with Crippen LogP contribution in [0.3, 0.4) is 0 Å². The maximum absolute atomic E-state index is 10.9. The Morgan fingerprint density at radius 2 is 1.95 bits per heavy atom. The lowest BCUT2D eigenvalue weighted by molar-refractivity contribution is -0.143. The summed E-state index contributed by atoms with van der Waals surface area (Å²) in [6.07, 6.45) is 8.79. The largest absolute Gasteiger partial charge is 0.481 e. The molecule has 0 amide bonds. The molecule has 1 aliphatic carbocycles. The van der Waals surface area contributed by atoms with Crippen molar-refractivity contribution in [1.82, 2.24) is 14.7 Å². The summed E-state index contributed by atoms with van der Waals surface area (Å²) in [4.78, 5) is 13.3. The molecule has 0 unspecified atom stereocenters. The van der Waals surface area contributed by atoms with Gasteiger partial charge in [-0.15, -0.1) is 0 Å². The molecule has 5 nitrogen and oxygen atoms in total. The number of rotatable bonds is 4. The number of carbonyl (C=O) groups is 1. The Labute approximate surface area is 119 Å². The summed E-state index contributed by atoms with van der Waals surface area (Å²) in [7, 11) is 0.